The van der Waals surface area contributed by atoms with Crippen molar-refractivity contribution in [2.45, 2.75) is 63.3 Å². The summed E-state index contributed by atoms with van der Waals surface area (Å²) < 4.78 is 28.2. The number of sulfonamides is 1. The number of anilines is 1. The molecule has 0 unspecified atom stereocenters. The van der Waals surface area contributed by atoms with Crippen molar-refractivity contribution in [3.8, 4) is 6.19 Å². The quantitative estimate of drug-likeness (QED) is 0.497. The maximum Gasteiger partial charge on any atom is 0.241 e. The first-order valence-corrected chi connectivity index (χ1v) is 10.9. The smallest absolute Gasteiger partial charge is 0.241 e. The summed E-state index contributed by atoms with van der Waals surface area (Å²) in [6, 6.07) is 4.62. The van der Waals surface area contributed by atoms with Gasteiger partial charge in [0.15, 0.2) is 6.19 Å². The summed E-state index contributed by atoms with van der Waals surface area (Å²) in [4.78, 5) is 13.7. The second kappa shape index (κ2) is 9.72. The van der Waals surface area contributed by atoms with Gasteiger partial charge in [-0.05, 0) is 37.5 Å². The van der Waals surface area contributed by atoms with Crippen LogP contribution in [-0.4, -0.2) is 38.4 Å². The Morgan fingerprint density at radius 2 is 2.11 bits per heavy atom. The van der Waals surface area contributed by atoms with Crippen molar-refractivity contribution < 1.29 is 13.2 Å². The first kappa shape index (κ1) is 21.2. The summed E-state index contributed by atoms with van der Waals surface area (Å²) in [6.45, 7) is 4.77. The van der Waals surface area contributed by atoms with Gasteiger partial charge in [-0.25, -0.2) is 13.1 Å². The lowest BCUT2D eigenvalue weighted by Gasteiger charge is -2.15. The van der Waals surface area contributed by atoms with Crippen LogP contribution in [0.15, 0.2) is 23.1 Å². The lowest BCUT2D eigenvalue weighted by atomic mass is 10.1. The lowest BCUT2D eigenvalue weighted by Crippen LogP contribution is -2.36. The fourth-order valence-corrected chi connectivity index (χ4v) is 4.67. The van der Waals surface area contributed by atoms with E-state index in [0.29, 0.717) is 37.2 Å². The third-order valence-electron chi connectivity index (χ3n) is 4.67. The maximum atomic E-state index is 12.8. The number of hydrogen-bond donors (Lipinski definition) is 2. The molecule has 8 heteroatoms. The van der Waals surface area contributed by atoms with Gasteiger partial charge in [0, 0.05) is 31.2 Å². The van der Waals surface area contributed by atoms with Gasteiger partial charge in [-0.2, -0.15) is 5.26 Å². The molecule has 1 heterocycles. The second-order valence-corrected chi connectivity index (χ2v) is 8.67. The molecular weight excluding hydrogens is 364 g/mol. The van der Waals surface area contributed by atoms with E-state index in [4.69, 9.17) is 5.26 Å². The van der Waals surface area contributed by atoms with Crippen LogP contribution in [-0.2, 0) is 14.8 Å². The van der Waals surface area contributed by atoms with Gasteiger partial charge in [0.1, 0.15) is 0 Å². The van der Waals surface area contributed by atoms with Crippen LogP contribution in [0.25, 0.3) is 0 Å². The number of amides is 1. The van der Waals surface area contributed by atoms with E-state index in [1.165, 1.54) is 11.0 Å². The van der Waals surface area contributed by atoms with E-state index in [1.807, 2.05) is 6.19 Å². The van der Waals surface area contributed by atoms with Gasteiger partial charge in [-0.1, -0.05) is 32.3 Å². The van der Waals surface area contributed by atoms with Crippen molar-refractivity contribution in [2.75, 3.05) is 18.4 Å². The number of nitriles is 1. The van der Waals surface area contributed by atoms with Crippen LogP contribution in [0.2, 0.25) is 0 Å². The molecule has 1 aromatic carbocycles. The highest BCUT2D eigenvalue weighted by molar-refractivity contribution is 7.89. The second-order valence-electron chi connectivity index (χ2n) is 6.99. The molecule has 27 heavy (non-hydrogen) atoms. The van der Waals surface area contributed by atoms with Gasteiger partial charge in [0.05, 0.1) is 4.90 Å². The third kappa shape index (κ3) is 6.22. The molecule has 1 saturated heterocycles. The molecule has 1 aliphatic heterocycles. The normalized spacial score (nSPS) is 16.9. The van der Waals surface area contributed by atoms with Gasteiger partial charge < -0.3 is 10.2 Å². The van der Waals surface area contributed by atoms with Crippen LogP contribution in [0.1, 0.15) is 51.0 Å². The maximum absolute atomic E-state index is 12.8. The number of benzene rings is 1. The minimum atomic E-state index is -3.73. The van der Waals surface area contributed by atoms with Crippen molar-refractivity contribution in [1.82, 2.24) is 9.62 Å². The van der Waals surface area contributed by atoms with Gasteiger partial charge in [-0.3, -0.25) is 4.79 Å². The molecule has 1 fully saturated rings. The number of rotatable bonds is 9. The zero-order valence-electron chi connectivity index (χ0n) is 16.0. The molecule has 1 aromatic rings. The van der Waals surface area contributed by atoms with Crippen molar-refractivity contribution in [3.05, 3.63) is 23.8 Å². The highest BCUT2D eigenvalue weighted by atomic mass is 32.2. The minimum absolute atomic E-state index is 0.105. The fourth-order valence-electron chi connectivity index (χ4n) is 3.13. The average molecular weight is 393 g/mol. The average Bonchev–Trinajstić information content (AvgIpc) is 3.07. The van der Waals surface area contributed by atoms with Gasteiger partial charge in [0.25, 0.3) is 0 Å². The molecule has 0 aliphatic carbocycles. The number of aryl methyl sites for hydroxylation is 1. The van der Waals surface area contributed by atoms with Gasteiger partial charge >= 0.3 is 0 Å². The minimum Gasteiger partial charge on any atom is -0.326 e. The Bertz CT molecular complexity index is 802. The number of nitrogens with one attached hydrogen (secondary N) is 2. The van der Waals surface area contributed by atoms with Crippen molar-refractivity contribution in [1.29, 1.82) is 5.26 Å². The Labute approximate surface area is 161 Å². The van der Waals surface area contributed by atoms with E-state index in [-0.39, 0.29) is 16.8 Å². The predicted octanol–water partition coefficient (Wildman–Crippen LogP) is 2.74. The number of likely N-dealkylation sites (tertiary alicyclic amines) is 1. The van der Waals surface area contributed by atoms with Crippen LogP contribution < -0.4 is 10.0 Å². The summed E-state index contributed by atoms with van der Waals surface area (Å²) in [5.41, 5.74) is 1.09. The number of carbonyl (C=O) groups excluding carboxylic acids is 1. The van der Waals surface area contributed by atoms with E-state index in [0.717, 1.165) is 25.7 Å². The van der Waals surface area contributed by atoms with Crippen LogP contribution in [0.4, 0.5) is 5.69 Å². The molecule has 1 aliphatic rings. The predicted molar refractivity (Wildman–Crippen MR) is 104 cm³/mol. The number of hydrogen-bond acceptors (Lipinski definition) is 5. The molecule has 0 spiro atoms. The topological polar surface area (TPSA) is 102 Å². The Kier molecular flexibility index (Phi) is 7.63. The van der Waals surface area contributed by atoms with Crippen molar-refractivity contribution >= 4 is 21.6 Å². The van der Waals surface area contributed by atoms with Gasteiger partial charge in [-0.15, -0.1) is 0 Å². The molecule has 0 saturated carbocycles. The summed E-state index contributed by atoms with van der Waals surface area (Å²) in [5.74, 6) is -0.105. The zero-order chi connectivity index (χ0) is 19.9. The molecule has 0 aromatic heterocycles. The van der Waals surface area contributed by atoms with Crippen LogP contribution in [0, 0.1) is 18.4 Å². The zero-order valence-corrected chi connectivity index (χ0v) is 16.8. The van der Waals surface area contributed by atoms with E-state index in [1.54, 1.807) is 19.1 Å². The molecule has 2 N–H and O–H groups in total. The Morgan fingerprint density at radius 3 is 2.78 bits per heavy atom. The van der Waals surface area contributed by atoms with Crippen LogP contribution >= 0.6 is 0 Å². The monoisotopic (exact) mass is 392 g/mol. The number of carbonyl (C=O) groups is 1. The SMILES string of the molecule is CCCCCCC(=O)Nc1ccc(C)c(S(=O)(=O)N[C@@H]2CCN(C#N)C2)c1. The third-order valence-corrected chi connectivity index (χ3v) is 6.33. The Hall–Kier alpha value is -2.11. The van der Waals surface area contributed by atoms with E-state index >= 15 is 0 Å². The molecule has 0 radical (unpaired) electrons. The lowest BCUT2D eigenvalue weighted by molar-refractivity contribution is -0.116. The molecule has 2 rings (SSSR count). The van der Waals surface area contributed by atoms with Crippen LogP contribution in [0.5, 0.6) is 0 Å². The highest BCUT2D eigenvalue weighted by Gasteiger charge is 2.27. The molecule has 1 atom stereocenters. The first-order chi connectivity index (χ1) is 12.9. The van der Waals surface area contributed by atoms with E-state index in [9.17, 15) is 13.2 Å². The number of nitrogens with zero attached hydrogens (tertiary/aromatic N) is 2. The van der Waals surface area contributed by atoms with E-state index in [2.05, 4.69) is 17.0 Å². The summed E-state index contributed by atoms with van der Waals surface area (Å²) in [6.07, 6.45) is 7.13. The summed E-state index contributed by atoms with van der Waals surface area (Å²) in [7, 11) is -3.73. The molecule has 1 amide bonds. The first-order valence-electron chi connectivity index (χ1n) is 9.43. The molecular formula is C19H28N4O3S. The van der Waals surface area contributed by atoms with Crippen LogP contribution in [0.3, 0.4) is 0 Å². The molecule has 7 nitrogen and oxygen atoms in total. The van der Waals surface area contributed by atoms with E-state index < -0.39 is 10.0 Å². The van der Waals surface area contributed by atoms with Crippen molar-refractivity contribution in [3.63, 3.8) is 0 Å². The number of unbranched alkanes of at least 4 members (excludes halogenated alkanes) is 3. The van der Waals surface area contributed by atoms with Gasteiger partial charge in [0.2, 0.25) is 15.9 Å². The molecule has 148 valence electrons. The fraction of sp³-hybridized carbons (Fsp3) is 0.579. The summed E-state index contributed by atoms with van der Waals surface area (Å²) in [5, 5.41) is 11.7. The Balaban J connectivity index is 2.03. The largest absolute Gasteiger partial charge is 0.326 e. The molecule has 0 bridgehead atoms. The van der Waals surface area contributed by atoms with Crippen molar-refractivity contribution in [2.24, 2.45) is 0 Å². The Morgan fingerprint density at radius 1 is 1.33 bits per heavy atom. The summed E-state index contributed by atoms with van der Waals surface area (Å²) >= 11 is 0. The highest BCUT2D eigenvalue weighted by Crippen LogP contribution is 2.22. The standard InChI is InChI=1S/C19H28N4O3S/c1-3-4-5-6-7-19(24)21-16-9-8-15(2)18(12-16)27(25,26)22-17-10-11-23(13-17)14-20/h8-9,12,17,22H,3-7,10-11,13H2,1-2H3,(H,21,24)/t17-/m1/s1.